The zero-order valence-electron chi connectivity index (χ0n) is 14.6. The van der Waals surface area contributed by atoms with E-state index in [1.54, 1.807) is 0 Å². The molecule has 136 valence electrons. The van der Waals surface area contributed by atoms with Gasteiger partial charge in [-0.3, -0.25) is 0 Å². The molecule has 4 rings (SSSR count). The molecular weight excluding hydrogens is 375 g/mol. The lowest BCUT2D eigenvalue weighted by atomic mass is 10.1. The molecular formula is C24H20Cl2O. The Kier molecular flexibility index (Phi) is 8.09. The molecule has 0 aliphatic rings. The van der Waals surface area contributed by atoms with Crippen LogP contribution in [-0.2, 0) is 0 Å². The smallest absolute Gasteiger partial charge is 0.0484 e. The Hall–Kier alpha value is -2.58. The monoisotopic (exact) mass is 394 g/mol. The van der Waals surface area contributed by atoms with Gasteiger partial charge >= 0.3 is 0 Å². The second-order valence-electron chi connectivity index (χ2n) is 5.69. The fourth-order valence-electron chi connectivity index (χ4n) is 2.63. The van der Waals surface area contributed by atoms with Crippen molar-refractivity contribution in [2.75, 3.05) is 0 Å². The van der Waals surface area contributed by atoms with E-state index in [-0.39, 0.29) is 5.48 Å². The van der Waals surface area contributed by atoms with Gasteiger partial charge in [0.25, 0.3) is 0 Å². The summed E-state index contributed by atoms with van der Waals surface area (Å²) < 4.78 is 0. The van der Waals surface area contributed by atoms with E-state index < -0.39 is 0 Å². The van der Waals surface area contributed by atoms with Crippen molar-refractivity contribution in [3.8, 4) is 22.3 Å². The zero-order valence-corrected chi connectivity index (χ0v) is 16.2. The number of benzene rings is 4. The highest BCUT2D eigenvalue weighted by atomic mass is 35.5. The van der Waals surface area contributed by atoms with Crippen molar-refractivity contribution in [2.24, 2.45) is 0 Å². The van der Waals surface area contributed by atoms with E-state index in [0.717, 1.165) is 32.3 Å². The van der Waals surface area contributed by atoms with Crippen LogP contribution in [0.3, 0.4) is 0 Å². The van der Waals surface area contributed by atoms with Crippen LogP contribution in [0.4, 0.5) is 0 Å². The first-order valence-corrected chi connectivity index (χ1v) is 9.11. The SMILES string of the molecule is Clc1ccccc1-c1ccccc1.Clc1ccccc1-c1ccccc1.O. The van der Waals surface area contributed by atoms with Crippen LogP contribution in [0.5, 0.6) is 0 Å². The summed E-state index contributed by atoms with van der Waals surface area (Å²) in [6.07, 6.45) is 0. The zero-order chi connectivity index (χ0) is 18.2. The van der Waals surface area contributed by atoms with Gasteiger partial charge in [0.05, 0.1) is 0 Å². The van der Waals surface area contributed by atoms with Crippen LogP contribution in [0.2, 0.25) is 10.0 Å². The van der Waals surface area contributed by atoms with Crippen LogP contribution in [0.15, 0.2) is 109 Å². The van der Waals surface area contributed by atoms with E-state index in [2.05, 4.69) is 24.3 Å². The lowest BCUT2D eigenvalue weighted by Crippen LogP contribution is -1.77. The number of hydrogen-bond acceptors (Lipinski definition) is 0. The molecule has 0 unspecified atom stereocenters. The van der Waals surface area contributed by atoms with Gasteiger partial charge in [0.2, 0.25) is 0 Å². The normalized spacial score (nSPS) is 9.56. The third-order valence-electron chi connectivity index (χ3n) is 3.92. The van der Waals surface area contributed by atoms with Gasteiger partial charge in [-0.2, -0.15) is 0 Å². The molecule has 2 N–H and O–H groups in total. The Labute approximate surface area is 170 Å². The summed E-state index contributed by atoms with van der Waals surface area (Å²) in [6, 6.07) is 36.0. The standard InChI is InChI=1S/2C12H9Cl.H2O/c2*13-12-9-5-4-8-11(12)10-6-2-1-3-7-10;/h2*1-9H;1H2. The average molecular weight is 395 g/mol. The fraction of sp³-hybridized carbons (Fsp3) is 0. The van der Waals surface area contributed by atoms with Crippen LogP contribution < -0.4 is 0 Å². The average Bonchev–Trinajstić information content (AvgIpc) is 2.71. The number of rotatable bonds is 2. The minimum absolute atomic E-state index is 0. The lowest BCUT2D eigenvalue weighted by Gasteiger charge is -2.02. The minimum atomic E-state index is 0. The first-order chi connectivity index (χ1) is 12.8. The molecule has 0 aliphatic carbocycles. The molecule has 0 spiro atoms. The van der Waals surface area contributed by atoms with Crippen molar-refractivity contribution >= 4 is 23.2 Å². The lowest BCUT2D eigenvalue weighted by molar-refractivity contribution is 0.824. The predicted molar refractivity (Wildman–Crippen MR) is 117 cm³/mol. The second kappa shape index (κ2) is 10.5. The van der Waals surface area contributed by atoms with E-state index >= 15 is 0 Å². The summed E-state index contributed by atoms with van der Waals surface area (Å²) in [6.45, 7) is 0. The maximum absolute atomic E-state index is 6.06. The van der Waals surface area contributed by atoms with Gasteiger partial charge in [-0.1, -0.05) is 120 Å². The molecule has 0 amide bonds. The van der Waals surface area contributed by atoms with E-state index in [4.69, 9.17) is 23.2 Å². The largest absolute Gasteiger partial charge is 0.412 e. The molecule has 0 aromatic heterocycles. The van der Waals surface area contributed by atoms with Crippen molar-refractivity contribution in [2.45, 2.75) is 0 Å². The number of halogens is 2. The molecule has 0 radical (unpaired) electrons. The summed E-state index contributed by atoms with van der Waals surface area (Å²) in [5.41, 5.74) is 4.50. The molecule has 4 aromatic carbocycles. The quantitative estimate of drug-likeness (QED) is 0.344. The predicted octanol–water partition coefficient (Wildman–Crippen LogP) is 7.19. The minimum Gasteiger partial charge on any atom is -0.412 e. The maximum atomic E-state index is 6.06. The topological polar surface area (TPSA) is 31.5 Å². The van der Waals surface area contributed by atoms with Crippen molar-refractivity contribution < 1.29 is 5.48 Å². The first kappa shape index (κ1) is 20.7. The molecule has 27 heavy (non-hydrogen) atoms. The van der Waals surface area contributed by atoms with Gasteiger partial charge in [-0.25, -0.2) is 0 Å². The molecule has 1 nitrogen and oxygen atoms in total. The highest BCUT2D eigenvalue weighted by molar-refractivity contribution is 6.33. The Morgan fingerprint density at radius 2 is 0.667 bits per heavy atom. The Morgan fingerprint density at radius 1 is 0.370 bits per heavy atom. The summed E-state index contributed by atoms with van der Waals surface area (Å²) in [7, 11) is 0. The maximum Gasteiger partial charge on any atom is 0.0484 e. The molecule has 0 saturated heterocycles. The van der Waals surface area contributed by atoms with E-state index in [1.165, 1.54) is 0 Å². The summed E-state index contributed by atoms with van der Waals surface area (Å²) in [5.74, 6) is 0. The van der Waals surface area contributed by atoms with E-state index in [9.17, 15) is 0 Å². The molecule has 0 fully saturated rings. The van der Waals surface area contributed by atoms with Gasteiger partial charge in [0.1, 0.15) is 0 Å². The molecule has 0 bridgehead atoms. The molecule has 4 aromatic rings. The van der Waals surface area contributed by atoms with Crippen molar-refractivity contribution in [1.29, 1.82) is 0 Å². The molecule has 0 aliphatic heterocycles. The summed E-state index contributed by atoms with van der Waals surface area (Å²) >= 11 is 12.1. The highest BCUT2D eigenvalue weighted by Crippen LogP contribution is 2.27. The van der Waals surface area contributed by atoms with Crippen LogP contribution in [0, 0.1) is 0 Å². The van der Waals surface area contributed by atoms with E-state index in [0.29, 0.717) is 0 Å². The third kappa shape index (κ3) is 5.70. The fourth-order valence-corrected chi connectivity index (χ4v) is 3.12. The molecule has 0 heterocycles. The van der Waals surface area contributed by atoms with Gasteiger partial charge < -0.3 is 5.48 Å². The van der Waals surface area contributed by atoms with E-state index in [1.807, 2.05) is 84.9 Å². The summed E-state index contributed by atoms with van der Waals surface area (Å²) in [4.78, 5) is 0. The Morgan fingerprint density at radius 3 is 1.00 bits per heavy atom. The van der Waals surface area contributed by atoms with Gasteiger partial charge in [0.15, 0.2) is 0 Å². The highest BCUT2D eigenvalue weighted by Gasteiger charge is 2.00. The summed E-state index contributed by atoms with van der Waals surface area (Å²) in [5, 5.41) is 1.60. The second-order valence-corrected chi connectivity index (χ2v) is 6.51. The van der Waals surface area contributed by atoms with Crippen molar-refractivity contribution in [3.05, 3.63) is 119 Å². The van der Waals surface area contributed by atoms with Gasteiger partial charge in [0, 0.05) is 21.2 Å². The molecule has 3 heteroatoms. The molecule has 0 saturated carbocycles. The van der Waals surface area contributed by atoms with Crippen LogP contribution >= 0.6 is 23.2 Å². The van der Waals surface area contributed by atoms with Gasteiger partial charge in [-0.15, -0.1) is 0 Å². The molecule has 0 atom stereocenters. The van der Waals surface area contributed by atoms with Crippen molar-refractivity contribution in [1.82, 2.24) is 0 Å². The van der Waals surface area contributed by atoms with Gasteiger partial charge in [-0.05, 0) is 23.3 Å². The third-order valence-corrected chi connectivity index (χ3v) is 4.58. The first-order valence-electron chi connectivity index (χ1n) is 8.35. The van der Waals surface area contributed by atoms with Crippen LogP contribution in [-0.4, -0.2) is 5.48 Å². The Bertz CT molecular complexity index is 873. The van der Waals surface area contributed by atoms with Crippen LogP contribution in [0.1, 0.15) is 0 Å². The number of hydrogen-bond donors (Lipinski definition) is 0. The Balaban J connectivity index is 0.000000187. The van der Waals surface area contributed by atoms with Crippen molar-refractivity contribution in [3.63, 3.8) is 0 Å². The van der Waals surface area contributed by atoms with Crippen LogP contribution in [0.25, 0.3) is 22.3 Å².